The van der Waals surface area contributed by atoms with Crippen molar-refractivity contribution in [2.75, 3.05) is 11.9 Å². The Morgan fingerprint density at radius 1 is 1.18 bits per heavy atom. The fraction of sp³-hybridized carbons (Fsp3) is 0.120. The molecular formula is C25H19BrFIN2O3. The Morgan fingerprint density at radius 2 is 1.94 bits per heavy atom. The van der Waals surface area contributed by atoms with Gasteiger partial charge in [0, 0.05) is 9.26 Å². The molecule has 0 bridgehead atoms. The summed E-state index contributed by atoms with van der Waals surface area (Å²) in [5.74, 6) is 0.103. The number of anilines is 1. The number of hydrogen-bond donors (Lipinski definition) is 1. The number of nitrogens with one attached hydrogen (secondary N) is 1. The van der Waals surface area contributed by atoms with Crippen LogP contribution in [0.1, 0.15) is 18.1 Å². The minimum atomic E-state index is -0.509. The number of halogens is 3. The fourth-order valence-electron chi connectivity index (χ4n) is 2.89. The highest BCUT2D eigenvalue weighted by atomic mass is 127. The van der Waals surface area contributed by atoms with Gasteiger partial charge in [0.2, 0.25) is 0 Å². The quantitative estimate of drug-likeness (QED) is 0.172. The first kappa shape index (κ1) is 24.7. The van der Waals surface area contributed by atoms with E-state index >= 15 is 0 Å². The van der Waals surface area contributed by atoms with Crippen LogP contribution in [0, 0.1) is 20.7 Å². The maximum absolute atomic E-state index is 13.1. The molecule has 0 saturated heterocycles. The van der Waals surface area contributed by atoms with Gasteiger partial charge in [-0.1, -0.05) is 18.2 Å². The zero-order valence-electron chi connectivity index (χ0n) is 17.6. The smallest absolute Gasteiger partial charge is 0.266 e. The van der Waals surface area contributed by atoms with Crippen molar-refractivity contribution < 1.29 is 18.7 Å². The van der Waals surface area contributed by atoms with Crippen LogP contribution in [-0.4, -0.2) is 12.5 Å². The molecule has 8 heteroatoms. The van der Waals surface area contributed by atoms with Crippen LogP contribution in [0.4, 0.5) is 10.1 Å². The number of ether oxygens (including phenoxy) is 2. The third-order valence-electron chi connectivity index (χ3n) is 4.39. The molecule has 33 heavy (non-hydrogen) atoms. The number of carbonyl (C=O) groups is 1. The van der Waals surface area contributed by atoms with Crippen molar-refractivity contribution >= 4 is 56.2 Å². The van der Waals surface area contributed by atoms with E-state index in [1.165, 1.54) is 18.2 Å². The molecule has 168 valence electrons. The van der Waals surface area contributed by atoms with Crippen LogP contribution in [0.5, 0.6) is 11.5 Å². The molecule has 5 nitrogen and oxygen atoms in total. The van der Waals surface area contributed by atoms with Crippen molar-refractivity contribution in [1.29, 1.82) is 5.26 Å². The highest BCUT2D eigenvalue weighted by Crippen LogP contribution is 2.38. The number of amides is 1. The van der Waals surface area contributed by atoms with Crippen LogP contribution in [0.2, 0.25) is 0 Å². The number of nitrogens with zero attached hydrogens (tertiary/aromatic N) is 1. The van der Waals surface area contributed by atoms with Crippen LogP contribution in [-0.2, 0) is 11.4 Å². The Bertz CT molecular complexity index is 1220. The van der Waals surface area contributed by atoms with Crippen molar-refractivity contribution in [2.24, 2.45) is 0 Å². The molecule has 3 aromatic carbocycles. The van der Waals surface area contributed by atoms with E-state index < -0.39 is 5.91 Å². The van der Waals surface area contributed by atoms with Gasteiger partial charge in [0.1, 0.15) is 24.1 Å². The van der Waals surface area contributed by atoms with E-state index in [1.54, 1.807) is 30.3 Å². The molecule has 0 heterocycles. The van der Waals surface area contributed by atoms with Crippen LogP contribution >= 0.6 is 38.5 Å². The van der Waals surface area contributed by atoms with E-state index in [0.717, 1.165) is 9.13 Å². The topological polar surface area (TPSA) is 71.3 Å². The van der Waals surface area contributed by atoms with Crippen molar-refractivity contribution in [3.63, 3.8) is 0 Å². The zero-order chi connectivity index (χ0) is 23.8. The van der Waals surface area contributed by atoms with Gasteiger partial charge in [-0.2, -0.15) is 5.26 Å². The van der Waals surface area contributed by atoms with Crippen LogP contribution in [0.25, 0.3) is 6.08 Å². The molecule has 0 aliphatic heterocycles. The molecule has 0 saturated carbocycles. The lowest BCUT2D eigenvalue weighted by Crippen LogP contribution is -2.13. The van der Waals surface area contributed by atoms with Gasteiger partial charge in [0.15, 0.2) is 11.5 Å². The van der Waals surface area contributed by atoms with Gasteiger partial charge in [-0.25, -0.2) is 4.39 Å². The van der Waals surface area contributed by atoms with Crippen LogP contribution in [0.15, 0.2) is 70.7 Å². The molecule has 0 spiro atoms. The van der Waals surface area contributed by atoms with E-state index in [-0.39, 0.29) is 18.0 Å². The molecule has 0 aliphatic carbocycles. The fourth-order valence-corrected chi connectivity index (χ4v) is 4.01. The Hall–Kier alpha value is -2.90. The average molecular weight is 621 g/mol. The molecule has 0 aromatic heterocycles. The van der Waals surface area contributed by atoms with Gasteiger partial charge in [-0.05, 0) is 105 Å². The zero-order valence-corrected chi connectivity index (χ0v) is 21.3. The number of carbonyl (C=O) groups excluding carboxylic acids is 1. The summed E-state index contributed by atoms with van der Waals surface area (Å²) in [7, 11) is 0. The van der Waals surface area contributed by atoms with Gasteiger partial charge < -0.3 is 14.8 Å². The Kier molecular flexibility index (Phi) is 8.86. The molecule has 0 atom stereocenters. The molecular weight excluding hydrogens is 602 g/mol. The van der Waals surface area contributed by atoms with Gasteiger partial charge in [0.25, 0.3) is 5.91 Å². The molecule has 0 radical (unpaired) electrons. The minimum absolute atomic E-state index is 0.0526. The minimum Gasteiger partial charge on any atom is -0.490 e. The monoisotopic (exact) mass is 620 g/mol. The van der Waals surface area contributed by atoms with Gasteiger partial charge in [-0.3, -0.25) is 4.79 Å². The second kappa shape index (κ2) is 11.8. The van der Waals surface area contributed by atoms with Gasteiger partial charge in [0.05, 0.1) is 11.1 Å². The molecule has 1 N–H and O–H groups in total. The second-order valence-corrected chi connectivity index (χ2v) is 8.91. The van der Waals surface area contributed by atoms with E-state index in [4.69, 9.17) is 9.47 Å². The predicted octanol–water partition coefficient (Wildman–Crippen LogP) is 6.72. The Balaban J connectivity index is 1.84. The lowest BCUT2D eigenvalue weighted by Gasteiger charge is -2.15. The lowest BCUT2D eigenvalue weighted by molar-refractivity contribution is -0.112. The third-order valence-corrected chi connectivity index (χ3v) is 5.65. The average Bonchev–Trinajstić information content (AvgIpc) is 2.78. The number of benzene rings is 3. The van der Waals surface area contributed by atoms with Gasteiger partial charge in [-0.15, -0.1) is 0 Å². The number of nitriles is 1. The second-order valence-electron chi connectivity index (χ2n) is 6.81. The first-order valence-electron chi connectivity index (χ1n) is 9.92. The summed E-state index contributed by atoms with van der Waals surface area (Å²) in [4.78, 5) is 12.6. The number of hydrogen-bond acceptors (Lipinski definition) is 4. The highest BCUT2D eigenvalue weighted by molar-refractivity contribution is 14.1. The number of rotatable bonds is 8. The Labute approximate surface area is 213 Å². The molecule has 0 fully saturated rings. The lowest BCUT2D eigenvalue weighted by atomic mass is 10.1. The summed E-state index contributed by atoms with van der Waals surface area (Å²) < 4.78 is 26.3. The van der Waals surface area contributed by atoms with E-state index in [0.29, 0.717) is 33.8 Å². The summed E-state index contributed by atoms with van der Waals surface area (Å²) in [6.45, 7) is 2.45. The molecule has 1 amide bonds. The maximum atomic E-state index is 13.1. The van der Waals surface area contributed by atoms with Crippen molar-refractivity contribution in [3.8, 4) is 17.6 Å². The first-order chi connectivity index (χ1) is 15.9. The van der Waals surface area contributed by atoms with E-state index in [2.05, 4.69) is 43.8 Å². The van der Waals surface area contributed by atoms with E-state index in [9.17, 15) is 14.4 Å². The molecule has 3 rings (SSSR count). The van der Waals surface area contributed by atoms with Crippen molar-refractivity contribution in [3.05, 3.63) is 91.2 Å². The van der Waals surface area contributed by atoms with Crippen LogP contribution in [0.3, 0.4) is 0 Å². The third kappa shape index (κ3) is 7.04. The first-order valence-corrected chi connectivity index (χ1v) is 11.8. The maximum Gasteiger partial charge on any atom is 0.266 e. The summed E-state index contributed by atoms with van der Waals surface area (Å²) >= 11 is 5.63. The van der Waals surface area contributed by atoms with Gasteiger partial charge >= 0.3 is 0 Å². The standard InChI is InChI=1S/C25H19BrFIN2O3/c1-2-32-23-12-17(10-18(14-29)25(31)30-21-5-3-4-20(28)13-21)11-22(26)24(23)33-15-16-6-8-19(27)9-7-16/h3-13H,2,15H2,1H3,(H,30,31)/b18-10+. The summed E-state index contributed by atoms with van der Waals surface area (Å²) in [5.41, 5.74) is 1.94. The van der Waals surface area contributed by atoms with Crippen molar-refractivity contribution in [1.82, 2.24) is 0 Å². The molecule has 0 unspecified atom stereocenters. The normalized spacial score (nSPS) is 10.9. The summed E-state index contributed by atoms with van der Waals surface area (Å²) in [6.07, 6.45) is 1.49. The Morgan fingerprint density at radius 3 is 2.61 bits per heavy atom. The largest absolute Gasteiger partial charge is 0.490 e. The SMILES string of the molecule is CCOc1cc(/C=C(\C#N)C(=O)Nc2cccc(I)c2)cc(Br)c1OCc1ccc(F)cc1. The summed E-state index contributed by atoms with van der Waals surface area (Å²) in [5, 5.41) is 12.3. The van der Waals surface area contributed by atoms with Crippen molar-refractivity contribution in [2.45, 2.75) is 13.5 Å². The predicted molar refractivity (Wildman–Crippen MR) is 137 cm³/mol. The van der Waals surface area contributed by atoms with Crippen LogP contribution < -0.4 is 14.8 Å². The highest BCUT2D eigenvalue weighted by Gasteiger charge is 2.15. The molecule has 0 aliphatic rings. The summed E-state index contributed by atoms with van der Waals surface area (Å²) in [6, 6.07) is 18.7. The van der Waals surface area contributed by atoms with E-state index in [1.807, 2.05) is 31.2 Å². The molecule has 3 aromatic rings.